The Kier molecular flexibility index (Phi) is 5.15. The second kappa shape index (κ2) is 7.35. The SMILES string of the molecule is COC(=O)c1ccc(C)c(S(=O)(=O)NC[C@H]2COc3ccccc3O2)c1. The van der Waals surface area contributed by atoms with Gasteiger partial charge in [-0.25, -0.2) is 17.9 Å². The van der Waals surface area contributed by atoms with E-state index in [0.29, 0.717) is 17.1 Å². The normalized spacial score (nSPS) is 16.2. The van der Waals surface area contributed by atoms with E-state index in [0.717, 1.165) is 0 Å². The number of fused-ring (bicyclic) bond motifs is 1. The topological polar surface area (TPSA) is 90.9 Å². The van der Waals surface area contributed by atoms with Gasteiger partial charge in [0.1, 0.15) is 12.7 Å². The molecule has 0 aromatic heterocycles. The Labute approximate surface area is 151 Å². The highest BCUT2D eigenvalue weighted by molar-refractivity contribution is 7.89. The number of aryl methyl sites for hydroxylation is 1. The van der Waals surface area contributed by atoms with E-state index in [1.807, 2.05) is 12.1 Å². The van der Waals surface area contributed by atoms with Crippen LogP contribution >= 0.6 is 0 Å². The van der Waals surface area contributed by atoms with Crippen molar-refractivity contribution in [2.24, 2.45) is 0 Å². The van der Waals surface area contributed by atoms with Crippen LogP contribution in [0.3, 0.4) is 0 Å². The largest absolute Gasteiger partial charge is 0.486 e. The maximum Gasteiger partial charge on any atom is 0.337 e. The fourth-order valence-corrected chi connectivity index (χ4v) is 3.91. The molecule has 8 heteroatoms. The number of esters is 1. The molecular weight excluding hydrogens is 358 g/mol. The molecule has 0 saturated heterocycles. The van der Waals surface area contributed by atoms with Crippen molar-refractivity contribution in [3.63, 3.8) is 0 Å². The lowest BCUT2D eigenvalue weighted by atomic mass is 10.1. The number of carbonyl (C=O) groups is 1. The first-order valence-electron chi connectivity index (χ1n) is 7.98. The van der Waals surface area contributed by atoms with E-state index in [4.69, 9.17) is 9.47 Å². The molecule has 26 heavy (non-hydrogen) atoms. The summed E-state index contributed by atoms with van der Waals surface area (Å²) >= 11 is 0. The Morgan fingerprint density at radius 2 is 1.96 bits per heavy atom. The maximum absolute atomic E-state index is 12.6. The Bertz CT molecular complexity index is 925. The van der Waals surface area contributed by atoms with Crippen molar-refractivity contribution in [3.05, 3.63) is 53.6 Å². The molecule has 3 rings (SSSR count). The Morgan fingerprint density at radius 3 is 2.69 bits per heavy atom. The van der Waals surface area contributed by atoms with Gasteiger partial charge >= 0.3 is 5.97 Å². The number of nitrogens with one attached hydrogen (secondary N) is 1. The first kappa shape index (κ1) is 18.2. The summed E-state index contributed by atoms with van der Waals surface area (Å²) < 4.78 is 43.8. The fraction of sp³-hybridized carbons (Fsp3) is 0.278. The van der Waals surface area contributed by atoms with E-state index in [-0.39, 0.29) is 23.6 Å². The number of para-hydroxylation sites is 2. The predicted molar refractivity (Wildman–Crippen MR) is 94.1 cm³/mol. The minimum atomic E-state index is -3.83. The van der Waals surface area contributed by atoms with Crippen molar-refractivity contribution in [1.82, 2.24) is 4.72 Å². The third kappa shape index (κ3) is 3.81. The molecule has 1 heterocycles. The maximum atomic E-state index is 12.6. The molecular formula is C18H19NO6S. The van der Waals surface area contributed by atoms with Crippen LogP contribution in [-0.2, 0) is 14.8 Å². The number of ether oxygens (including phenoxy) is 3. The van der Waals surface area contributed by atoms with E-state index < -0.39 is 22.1 Å². The molecule has 0 saturated carbocycles. The summed E-state index contributed by atoms with van der Waals surface area (Å²) in [5.74, 6) is 0.613. The molecule has 0 fully saturated rings. The average Bonchev–Trinajstić information content (AvgIpc) is 2.66. The fourth-order valence-electron chi connectivity index (χ4n) is 2.58. The molecule has 0 spiro atoms. The first-order valence-corrected chi connectivity index (χ1v) is 9.46. The van der Waals surface area contributed by atoms with E-state index in [9.17, 15) is 13.2 Å². The summed E-state index contributed by atoms with van der Waals surface area (Å²) in [6.45, 7) is 1.94. The minimum Gasteiger partial charge on any atom is -0.486 e. The summed E-state index contributed by atoms with van der Waals surface area (Å²) in [7, 11) is -2.58. The highest BCUT2D eigenvalue weighted by Gasteiger charge is 2.25. The monoisotopic (exact) mass is 377 g/mol. The minimum absolute atomic E-state index is 0.0255. The van der Waals surface area contributed by atoms with Crippen LogP contribution in [0.2, 0.25) is 0 Å². The number of rotatable bonds is 5. The van der Waals surface area contributed by atoms with E-state index in [2.05, 4.69) is 9.46 Å². The summed E-state index contributed by atoms with van der Waals surface area (Å²) in [6, 6.07) is 11.6. The number of hydrogen-bond donors (Lipinski definition) is 1. The van der Waals surface area contributed by atoms with Crippen molar-refractivity contribution >= 4 is 16.0 Å². The Balaban J connectivity index is 1.73. The highest BCUT2D eigenvalue weighted by Crippen LogP contribution is 2.30. The zero-order valence-electron chi connectivity index (χ0n) is 14.4. The van der Waals surface area contributed by atoms with Crippen LogP contribution in [0.4, 0.5) is 0 Å². The molecule has 138 valence electrons. The molecule has 1 atom stereocenters. The van der Waals surface area contributed by atoms with E-state index in [1.165, 1.54) is 19.2 Å². The summed E-state index contributed by atoms with van der Waals surface area (Å²) in [5, 5.41) is 0. The molecule has 0 radical (unpaired) electrons. The molecule has 7 nitrogen and oxygen atoms in total. The van der Waals surface area contributed by atoms with Gasteiger partial charge in [0, 0.05) is 0 Å². The van der Waals surface area contributed by atoms with Gasteiger partial charge in [0.15, 0.2) is 11.5 Å². The molecule has 0 bridgehead atoms. The number of sulfonamides is 1. The molecule has 2 aromatic carbocycles. The lowest BCUT2D eigenvalue weighted by Gasteiger charge is -2.26. The molecule has 1 aliphatic heterocycles. The number of hydrogen-bond acceptors (Lipinski definition) is 6. The summed E-state index contributed by atoms with van der Waals surface area (Å²) in [6.07, 6.45) is -0.455. The van der Waals surface area contributed by atoms with Gasteiger partial charge in [-0.05, 0) is 36.8 Å². The number of methoxy groups -OCH3 is 1. The van der Waals surface area contributed by atoms with Crippen LogP contribution in [0.25, 0.3) is 0 Å². The zero-order valence-corrected chi connectivity index (χ0v) is 15.2. The molecule has 0 aliphatic carbocycles. The molecule has 1 N–H and O–H groups in total. The van der Waals surface area contributed by atoms with Gasteiger partial charge in [-0.3, -0.25) is 0 Å². The van der Waals surface area contributed by atoms with Crippen molar-refractivity contribution in [2.45, 2.75) is 17.9 Å². The van der Waals surface area contributed by atoms with Gasteiger partial charge in [0.05, 0.1) is 24.1 Å². The van der Waals surface area contributed by atoms with Crippen molar-refractivity contribution in [2.75, 3.05) is 20.3 Å². The summed E-state index contributed by atoms with van der Waals surface area (Å²) in [5.41, 5.74) is 0.695. The lowest BCUT2D eigenvalue weighted by Crippen LogP contribution is -2.40. The second-order valence-corrected chi connectivity index (χ2v) is 7.56. The van der Waals surface area contributed by atoms with Crippen LogP contribution < -0.4 is 14.2 Å². The lowest BCUT2D eigenvalue weighted by molar-refractivity contribution is 0.0600. The smallest absolute Gasteiger partial charge is 0.337 e. The van der Waals surface area contributed by atoms with Crippen molar-refractivity contribution in [1.29, 1.82) is 0 Å². The quantitative estimate of drug-likeness (QED) is 0.801. The standard InChI is InChI=1S/C18H19NO6S/c1-12-7-8-13(18(20)23-2)9-17(12)26(21,22)19-10-14-11-24-15-5-3-4-6-16(15)25-14/h3-9,14,19H,10-11H2,1-2H3/t14-/m0/s1. The predicted octanol–water partition coefficient (Wildman–Crippen LogP) is 1.90. The van der Waals surface area contributed by atoms with Crippen LogP contribution in [0.5, 0.6) is 11.5 Å². The summed E-state index contributed by atoms with van der Waals surface area (Å²) in [4.78, 5) is 11.7. The van der Waals surface area contributed by atoms with E-state index >= 15 is 0 Å². The van der Waals surface area contributed by atoms with Crippen LogP contribution in [0.15, 0.2) is 47.4 Å². The second-order valence-electron chi connectivity index (χ2n) is 5.82. The van der Waals surface area contributed by atoms with Gasteiger partial charge in [-0.15, -0.1) is 0 Å². The van der Waals surface area contributed by atoms with Crippen molar-refractivity contribution in [3.8, 4) is 11.5 Å². The van der Waals surface area contributed by atoms with Gasteiger partial charge in [-0.1, -0.05) is 18.2 Å². The first-order chi connectivity index (χ1) is 12.4. The Hall–Kier alpha value is -2.58. The van der Waals surface area contributed by atoms with E-state index in [1.54, 1.807) is 25.1 Å². The molecule has 0 amide bonds. The van der Waals surface area contributed by atoms with Gasteiger partial charge in [0.2, 0.25) is 10.0 Å². The highest BCUT2D eigenvalue weighted by atomic mass is 32.2. The van der Waals surface area contributed by atoms with Gasteiger partial charge in [0.25, 0.3) is 0 Å². The molecule has 2 aromatic rings. The van der Waals surface area contributed by atoms with Crippen LogP contribution in [-0.4, -0.2) is 40.8 Å². The third-order valence-electron chi connectivity index (χ3n) is 3.97. The molecule has 1 aliphatic rings. The molecule has 0 unspecified atom stereocenters. The van der Waals surface area contributed by atoms with Crippen LogP contribution in [0, 0.1) is 6.92 Å². The number of benzene rings is 2. The van der Waals surface area contributed by atoms with Crippen LogP contribution in [0.1, 0.15) is 15.9 Å². The zero-order chi connectivity index (χ0) is 18.7. The van der Waals surface area contributed by atoms with Gasteiger partial charge < -0.3 is 14.2 Å². The third-order valence-corrected chi connectivity index (χ3v) is 5.53. The van der Waals surface area contributed by atoms with Gasteiger partial charge in [-0.2, -0.15) is 0 Å². The average molecular weight is 377 g/mol. The van der Waals surface area contributed by atoms with Crippen molar-refractivity contribution < 1.29 is 27.4 Å². The Morgan fingerprint density at radius 1 is 1.23 bits per heavy atom. The number of carbonyl (C=O) groups excluding carboxylic acids is 1.